The summed E-state index contributed by atoms with van der Waals surface area (Å²) in [5, 5.41) is 6.59. The maximum Gasteiger partial charge on any atom is 0.293 e. The Labute approximate surface area is 86.4 Å². The molecule has 1 fully saturated rings. The summed E-state index contributed by atoms with van der Waals surface area (Å²) in [6.45, 7) is 11.5. The van der Waals surface area contributed by atoms with Gasteiger partial charge in [0.25, 0.3) is 6.47 Å². The van der Waals surface area contributed by atoms with E-state index < -0.39 is 0 Å². The molecule has 1 unspecified atom stereocenters. The summed E-state index contributed by atoms with van der Waals surface area (Å²) in [5.41, 5.74) is -0.318. The Bertz CT molecular complexity index is 149. The van der Waals surface area contributed by atoms with Gasteiger partial charge >= 0.3 is 0 Å². The van der Waals surface area contributed by atoms with Crippen molar-refractivity contribution in [1.82, 2.24) is 10.6 Å². The Hall–Kier alpha value is -0.610. The Morgan fingerprint density at radius 2 is 2.00 bits per heavy atom. The summed E-state index contributed by atoms with van der Waals surface area (Å²) < 4.78 is 4.55. The average molecular weight is 202 g/mol. The molecule has 0 radical (unpaired) electrons. The summed E-state index contributed by atoms with van der Waals surface area (Å²) in [4.78, 5) is 9.60. The number of nitrogens with one attached hydrogen (secondary N) is 2. The molecule has 0 aliphatic carbocycles. The minimum absolute atomic E-state index is 0.318. The van der Waals surface area contributed by atoms with E-state index in [0.717, 1.165) is 19.6 Å². The van der Waals surface area contributed by atoms with Gasteiger partial charge in [0.1, 0.15) is 5.60 Å². The van der Waals surface area contributed by atoms with Gasteiger partial charge in [0, 0.05) is 25.7 Å². The lowest BCUT2D eigenvalue weighted by Crippen LogP contribution is -2.46. The maximum absolute atomic E-state index is 9.60. The number of hydrogen-bond donors (Lipinski definition) is 2. The first-order valence-corrected chi connectivity index (χ1v) is 5.01. The van der Waals surface area contributed by atoms with Crippen LogP contribution in [0, 0.1) is 0 Å². The third-order valence-corrected chi connectivity index (χ3v) is 1.65. The zero-order chi connectivity index (χ0) is 11.0. The smallest absolute Gasteiger partial charge is 0.293 e. The molecule has 1 atom stereocenters. The van der Waals surface area contributed by atoms with Crippen molar-refractivity contribution in [2.45, 2.75) is 39.3 Å². The zero-order valence-electron chi connectivity index (χ0n) is 9.59. The highest BCUT2D eigenvalue weighted by atomic mass is 16.5. The van der Waals surface area contributed by atoms with Crippen molar-refractivity contribution in [2.24, 2.45) is 0 Å². The van der Waals surface area contributed by atoms with E-state index in [4.69, 9.17) is 0 Å². The fourth-order valence-corrected chi connectivity index (χ4v) is 0.942. The maximum atomic E-state index is 9.60. The molecule has 0 bridgehead atoms. The van der Waals surface area contributed by atoms with E-state index in [0.29, 0.717) is 12.5 Å². The van der Waals surface area contributed by atoms with Gasteiger partial charge in [-0.3, -0.25) is 4.79 Å². The summed E-state index contributed by atoms with van der Waals surface area (Å²) in [6.07, 6.45) is 0. The van der Waals surface area contributed by atoms with E-state index in [1.165, 1.54) is 0 Å². The summed E-state index contributed by atoms with van der Waals surface area (Å²) in [5.74, 6) is 0. The van der Waals surface area contributed by atoms with Crippen LogP contribution in [0.3, 0.4) is 0 Å². The van der Waals surface area contributed by atoms with E-state index in [1.54, 1.807) is 0 Å². The van der Waals surface area contributed by atoms with Gasteiger partial charge in [0.05, 0.1) is 0 Å². The highest BCUT2D eigenvalue weighted by Gasteiger charge is 2.07. The summed E-state index contributed by atoms with van der Waals surface area (Å²) in [7, 11) is 0. The standard InChI is InChI=1S/C5H12N2.C5H10O2/c1-5-4-6-2-3-7-5;1-5(2,3)7-4-6/h5-7H,2-4H2,1H3;4H,1-3H3. The van der Waals surface area contributed by atoms with Crippen LogP contribution in [0.4, 0.5) is 0 Å². The quantitative estimate of drug-likeness (QED) is 0.609. The Kier molecular flexibility index (Phi) is 6.49. The van der Waals surface area contributed by atoms with Crippen LogP contribution in [0.25, 0.3) is 0 Å². The lowest BCUT2D eigenvalue weighted by molar-refractivity contribution is -0.138. The molecule has 4 nitrogen and oxygen atoms in total. The molecule has 0 aromatic heterocycles. The van der Waals surface area contributed by atoms with E-state index >= 15 is 0 Å². The van der Waals surface area contributed by atoms with Gasteiger partial charge in [-0.25, -0.2) is 0 Å². The van der Waals surface area contributed by atoms with Gasteiger partial charge in [0.15, 0.2) is 0 Å². The molecular formula is C10H22N2O2. The molecule has 0 saturated carbocycles. The summed E-state index contributed by atoms with van der Waals surface area (Å²) in [6, 6.07) is 0.675. The number of piperazine rings is 1. The fraction of sp³-hybridized carbons (Fsp3) is 0.900. The number of hydrogen-bond acceptors (Lipinski definition) is 4. The van der Waals surface area contributed by atoms with Gasteiger partial charge < -0.3 is 15.4 Å². The van der Waals surface area contributed by atoms with Crippen molar-refractivity contribution in [3.63, 3.8) is 0 Å². The highest BCUT2D eigenvalue weighted by molar-refractivity contribution is 5.37. The first kappa shape index (κ1) is 13.4. The molecule has 2 N–H and O–H groups in total. The van der Waals surface area contributed by atoms with Crippen LogP contribution in [0.2, 0.25) is 0 Å². The van der Waals surface area contributed by atoms with E-state index in [-0.39, 0.29) is 5.60 Å². The van der Waals surface area contributed by atoms with Crippen molar-refractivity contribution >= 4 is 6.47 Å². The van der Waals surface area contributed by atoms with E-state index in [1.807, 2.05) is 20.8 Å². The van der Waals surface area contributed by atoms with Crippen molar-refractivity contribution in [3.05, 3.63) is 0 Å². The van der Waals surface area contributed by atoms with Gasteiger partial charge in [0.2, 0.25) is 0 Å². The van der Waals surface area contributed by atoms with Crippen LogP contribution in [0.15, 0.2) is 0 Å². The average Bonchev–Trinajstić information content (AvgIpc) is 2.04. The third-order valence-electron chi connectivity index (χ3n) is 1.65. The second-order valence-electron chi connectivity index (χ2n) is 4.39. The molecule has 0 aromatic rings. The largest absolute Gasteiger partial charge is 0.462 e. The molecule has 1 saturated heterocycles. The molecule has 14 heavy (non-hydrogen) atoms. The lowest BCUT2D eigenvalue weighted by atomic mass is 10.2. The third kappa shape index (κ3) is 9.48. The number of carbonyl (C=O) groups excluding carboxylic acids is 1. The van der Waals surface area contributed by atoms with Crippen LogP contribution in [0.5, 0.6) is 0 Å². The Morgan fingerprint density at radius 3 is 2.14 bits per heavy atom. The first-order valence-electron chi connectivity index (χ1n) is 5.01. The van der Waals surface area contributed by atoms with E-state index in [9.17, 15) is 4.79 Å². The predicted octanol–water partition coefficient (Wildman–Crippen LogP) is 0.526. The van der Waals surface area contributed by atoms with Crippen molar-refractivity contribution in [3.8, 4) is 0 Å². The lowest BCUT2D eigenvalue weighted by Gasteiger charge is -2.19. The van der Waals surface area contributed by atoms with Crippen LogP contribution in [-0.4, -0.2) is 37.7 Å². The zero-order valence-corrected chi connectivity index (χ0v) is 9.59. The minimum atomic E-state index is -0.318. The molecular weight excluding hydrogens is 180 g/mol. The van der Waals surface area contributed by atoms with Gasteiger partial charge in [-0.15, -0.1) is 0 Å². The summed E-state index contributed by atoms with van der Waals surface area (Å²) >= 11 is 0. The van der Waals surface area contributed by atoms with Crippen LogP contribution >= 0.6 is 0 Å². The monoisotopic (exact) mass is 202 g/mol. The van der Waals surface area contributed by atoms with Gasteiger partial charge in [-0.2, -0.15) is 0 Å². The van der Waals surface area contributed by atoms with E-state index in [2.05, 4.69) is 22.3 Å². The number of ether oxygens (including phenoxy) is 1. The molecule has 0 spiro atoms. The Balaban J connectivity index is 0.000000241. The normalized spacial score (nSPS) is 21.9. The molecule has 84 valence electrons. The molecule has 0 aromatic carbocycles. The van der Waals surface area contributed by atoms with Crippen LogP contribution in [-0.2, 0) is 9.53 Å². The predicted molar refractivity (Wildman–Crippen MR) is 57.2 cm³/mol. The van der Waals surface area contributed by atoms with Gasteiger partial charge in [-0.1, -0.05) is 0 Å². The fourth-order valence-electron chi connectivity index (χ4n) is 0.942. The number of rotatable bonds is 1. The molecule has 0 amide bonds. The second kappa shape index (κ2) is 6.79. The number of carbonyl (C=O) groups is 1. The Morgan fingerprint density at radius 1 is 1.36 bits per heavy atom. The first-order chi connectivity index (χ1) is 6.45. The molecule has 4 heteroatoms. The second-order valence-corrected chi connectivity index (χ2v) is 4.39. The highest BCUT2D eigenvalue weighted by Crippen LogP contribution is 2.02. The minimum Gasteiger partial charge on any atom is -0.462 e. The molecule has 1 heterocycles. The molecule has 1 aliphatic heterocycles. The topological polar surface area (TPSA) is 50.4 Å². The van der Waals surface area contributed by atoms with Crippen molar-refractivity contribution < 1.29 is 9.53 Å². The van der Waals surface area contributed by atoms with Gasteiger partial charge in [-0.05, 0) is 27.7 Å². The van der Waals surface area contributed by atoms with Crippen molar-refractivity contribution in [2.75, 3.05) is 19.6 Å². The van der Waals surface area contributed by atoms with Crippen molar-refractivity contribution in [1.29, 1.82) is 0 Å². The molecule has 1 rings (SSSR count). The SMILES string of the molecule is CC(C)(C)OC=O.CC1CNCCN1. The van der Waals surface area contributed by atoms with Crippen LogP contribution in [0.1, 0.15) is 27.7 Å². The molecule has 1 aliphatic rings. The van der Waals surface area contributed by atoms with Crippen LogP contribution < -0.4 is 10.6 Å².